The molecule has 5 heteroatoms. The van der Waals surface area contributed by atoms with Gasteiger partial charge in [-0.05, 0) is 66.2 Å². The summed E-state index contributed by atoms with van der Waals surface area (Å²) >= 11 is 0. The quantitative estimate of drug-likeness (QED) is 0.356. The van der Waals surface area contributed by atoms with Crippen molar-refractivity contribution in [1.82, 2.24) is 0 Å². The van der Waals surface area contributed by atoms with Crippen molar-refractivity contribution in [3.8, 4) is 16.9 Å². The maximum atomic E-state index is 15.2. The lowest BCUT2D eigenvalue weighted by Crippen LogP contribution is -2.13. The van der Waals surface area contributed by atoms with Crippen molar-refractivity contribution >= 4 is 10.8 Å². The topological polar surface area (TPSA) is 9.23 Å². The van der Waals surface area contributed by atoms with Gasteiger partial charge in [0.2, 0.25) is 0 Å². The molecule has 31 heavy (non-hydrogen) atoms. The summed E-state index contributed by atoms with van der Waals surface area (Å²) in [5.74, 6) is -0.612. The minimum Gasteiger partial charge on any atom is -0.432 e. The van der Waals surface area contributed by atoms with Crippen LogP contribution in [-0.4, -0.2) is 6.61 Å². The van der Waals surface area contributed by atoms with E-state index >= 15 is 4.39 Å². The summed E-state index contributed by atoms with van der Waals surface area (Å²) in [7, 11) is 0. The Balaban J connectivity index is 1.59. The van der Waals surface area contributed by atoms with E-state index in [1.54, 1.807) is 12.1 Å². The first-order valence-electron chi connectivity index (χ1n) is 10.9. The highest BCUT2D eigenvalue weighted by molar-refractivity contribution is 5.89. The van der Waals surface area contributed by atoms with Crippen LogP contribution in [0.15, 0.2) is 48.5 Å². The molecule has 0 bridgehead atoms. The van der Waals surface area contributed by atoms with Crippen molar-refractivity contribution < 1.29 is 22.3 Å². The minimum atomic E-state index is -3.12. The van der Waals surface area contributed by atoms with Crippen LogP contribution in [0.3, 0.4) is 0 Å². The van der Waals surface area contributed by atoms with Crippen molar-refractivity contribution in [3.05, 3.63) is 65.7 Å². The number of hydrogen-bond acceptors (Lipinski definition) is 1. The molecular formula is C26H26F4O. The van der Waals surface area contributed by atoms with Crippen molar-refractivity contribution in [1.29, 1.82) is 0 Å². The molecule has 3 aromatic rings. The molecule has 1 nitrogen and oxygen atoms in total. The predicted molar refractivity (Wildman–Crippen MR) is 116 cm³/mol. The zero-order valence-electron chi connectivity index (χ0n) is 17.5. The Labute approximate surface area is 180 Å². The molecule has 0 aliphatic heterocycles. The number of benzene rings is 3. The van der Waals surface area contributed by atoms with E-state index in [9.17, 15) is 13.2 Å². The van der Waals surface area contributed by atoms with Gasteiger partial charge < -0.3 is 4.74 Å². The number of hydrogen-bond donors (Lipinski definition) is 0. The number of fused-ring (bicyclic) bond motifs is 1. The monoisotopic (exact) mass is 430 g/mol. The Morgan fingerprint density at radius 3 is 2.39 bits per heavy atom. The zero-order chi connectivity index (χ0) is 22.0. The summed E-state index contributed by atoms with van der Waals surface area (Å²) in [4.78, 5) is 0. The maximum Gasteiger partial charge on any atom is 0.387 e. The Kier molecular flexibility index (Phi) is 6.49. The van der Waals surface area contributed by atoms with Crippen LogP contribution in [0.1, 0.15) is 56.9 Å². The lowest BCUT2D eigenvalue weighted by molar-refractivity contribution is -0.0521. The van der Waals surface area contributed by atoms with Crippen LogP contribution in [-0.2, 0) is 0 Å². The molecule has 1 fully saturated rings. The second-order valence-corrected chi connectivity index (χ2v) is 8.44. The van der Waals surface area contributed by atoms with E-state index in [-0.39, 0.29) is 11.1 Å². The number of halogens is 4. The molecule has 0 spiro atoms. The van der Waals surface area contributed by atoms with Crippen molar-refractivity contribution in [2.45, 2.75) is 58.0 Å². The summed E-state index contributed by atoms with van der Waals surface area (Å²) in [6, 6.07) is 12.8. The summed E-state index contributed by atoms with van der Waals surface area (Å²) in [5.41, 5.74) is 1.74. The fourth-order valence-electron chi connectivity index (χ4n) is 4.84. The highest BCUT2D eigenvalue weighted by Gasteiger charge is 2.22. The Hall–Kier alpha value is -2.56. The zero-order valence-corrected chi connectivity index (χ0v) is 17.5. The fourth-order valence-corrected chi connectivity index (χ4v) is 4.84. The molecule has 1 aliphatic rings. The van der Waals surface area contributed by atoms with E-state index in [0.717, 1.165) is 23.4 Å². The van der Waals surface area contributed by atoms with Crippen molar-refractivity contribution in [2.75, 3.05) is 0 Å². The van der Waals surface area contributed by atoms with Crippen molar-refractivity contribution in [3.63, 3.8) is 0 Å². The summed E-state index contributed by atoms with van der Waals surface area (Å²) in [6.45, 7) is -0.883. The van der Waals surface area contributed by atoms with Crippen LogP contribution in [0.2, 0.25) is 0 Å². The maximum absolute atomic E-state index is 15.2. The average molecular weight is 430 g/mol. The van der Waals surface area contributed by atoms with E-state index in [2.05, 4.69) is 17.7 Å². The van der Waals surface area contributed by atoms with E-state index < -0.39 is 24.0 Å². The van der Waals surface area contributed by atoms with Gasteiger partial charge in [-0.25, -0.2) is 8.78 Å². The van der Waals surface area contributed by atoms with Crippen molar-refractivity contribution in [2.24, 2.45) is 5.92 Å². The van der Waals surface area contributed by atoms with Gasteiger partial charge in [-0.3, -0.25) is 0 Å². The van der Waals surface area contributed by atoms with Gasteiger partial charge in [-0.15, -0.1) is 0 Å². The van der Waals surface area contributed by atoms with Crippen LogP contribution < -0.4 is 4.74 Å². The third kappa shape index (κ3) is 4.70. The SMILES string of the molecule is CCCC1CCC(c2ccc3c(F)c(-c4ccc(OC(F)F)c(F)c4)ccc3c2)CC1. The molecule has 0 N–H and O–H groups in total. The van der Waals surface area contributed by atoms with Gasteiger partial charge in [-0.2, -0.15) is 8.78 Å². The Morgan fingerprint density at radius 1 is 0.935 bits per heavy atom. The minimum absolute atomic E-state index is 0.225. The van der Waals surface area contributed by atoms with Gasteiger partial charge in [0.1, 0.15) is 5.82 Å². The predicted octanol–water partition coefficient (Wildman–Crippen LogP) is 8.46. The van der Waals surface area contributed by atoms with Crippen LogP contribution in [0.5, 0.6) is 5.75 Å². The third-order valence-electron chi connectivity index (χ3n) is 6.45. The molecule has 1 aliphatic carbocycles. The lowest BCUT2D eigenvalue weighted by Gasteiger charge is -2.28. The van der Waals surface area contributed by atoms with Crippen LogP contribution >= 0.6 is 0 Å². The second kappa shape index (κ2) is 9.29. The van der Waals surface area contributed by atoms with Gasteiger partial charge in [0, 0.05) is 10.9 Å². The molecule has 0 unspecified atom stereocenters. The van der Waals surface area contributed by atoms with E-state index in [1.165, 1.54) is 50.2 Å². The van der Waals surface area contributed by atoms with Gasteiger partial charge >= 0.3 is 6.61 Å². The lowest BCUT2D eigenvalue weighted by atomic mass is 9.77. The fraction of sp³-hybridized carbons (Fsp3) is 0.385. The number of rotatable bonds is 6. The smallest absolute Gasteiger partial charge is 0.387 e. The Morgan fingerprint density at radius 2 is 1.71 bits per heavy atom. The van der Waals surface area contributed by atoms with E-state index in [4.69, 9.17) is 0 Å². The molecule has 0 aromatic heterocycles. The van der Waals surface area contributed by atoms with Crippen LogP contribution in [0.4, 0.5) is 17.6 Å². The molecule has 164 valence electrons. The largest absolute Gasteiger partial charge is 0.432 e. The van der Waals surface area contributed by atoms with E-state index in [0.29, 0.717) is 11.3 Å². The van der Waals surface area contributed by atoms with Crippen LogP contribution in [0, 0.1) is 17.6 Å². The average Bonchev–Trinajstić information content (AvgIpc) is 2.76. The molecule has 0 heterocycles. The molecule has 0 radical (unpaired) electrons. The van der Waals surface area contributed by atoms with Crippen LogP contribution in [0.25, 0.3) is 21.9 Å². The first kappa shape index (κ1) is 21.7. The van der Waals surface area contributed by atoms with Gasteiger partial charge in [0.15, 0.2) is 11.6 Å². The molecule has 0 atom stereocenters. The second-order valence-electron chi connectivity index (χ2n) is 8.44. The highest BCUT2D eigenvalue weighted by Crippen LogP contribution is 2.39. The standard InChI is InChI=1S/C26H26F4O/c1-2-3-16-4-6-17(7-5-16)18-8-11-21-19(14-18)9-12-22(25(21)28)20-10-13-24(23(27)15-20)31-26(29)30/h8-17,26H,2-7H2,1H3. The molecule has 4 rings (SSSR count). The normalized spacial score (nSPS) is 19.2. The first-order valence-corrected chi connectivity index (χ1v) is 10.9. The molecule has 3 aromatic carbocycles. The molecule has 0 saturated heterocycles. The third-order valence-corrected chi connectivity index (χ3v) is 6.45. The summed E-state index contributed by atoms with van der Waals surface area (Å²) in [6.07, 6.45) is 7.38. The summed E-state index contributed by atoms with van der Waals surface area (Å²) < 4.78 is 58.1. The number of ether oxygens (including phenoxy) is 1. The molecule has 1 saturated carbocycles. The highest BCUT2D eigenvalue weighted by atomic mass is 19.3. The summed E-state index contributed by atoms with van der Waals surface area (Å²) in [5, 5.41) is 1.28. The Bertz CT molecular complexity index is 1050. The molecule has 0 amide bonds. The van der Waals surface area contributed by atoms with Gasteiger partial charge in [0.25, 0.3) is 0 Å². The molecular weight excluding hydrogens is 404 g/mol. The first-order chi connectivity index (χ1) is 15.0. The van der Waals surface area contributed by atoms with E-state index in [1.807, 2.05) is 12.1 Å². The number of alkyl halides is 2. The van der Waals surface area contributed by atoms with Gasteiger partial charge in [-0.1, -0.05) is 56.2 Å². The van der Waals surface area contributed by atoms with Gasteiger partial charge in [0.05, 0.1) is 0 Å².